The minimum Gasteiger partial charge on any atom is -0.381 e. The molecule has 0 saturated carbocycles. The topological polar surface area (TPSA) is 50.4 Å². The Labute approximate surface area is 141 Å². The SMILES string of the molecule is CCCCC(CC)COCCCNC(=O)NCc1ccccc1. The minimum atomic E-state index is -0.122. The fourth-order valence-electron chi connectivity index (χ4n) is 2.36. The number of rotatable bonds is 12. The fourth-order valence-corrected chi connectivity index (χ4v) is 2.36. The van der Waals surface area contributed by atoms with Crippen molar-refractivity contribution in [3.05, 3.63) is 35.9 Å². The molecule has 0 radical (unpaired) electrons. The number of urea groups is 1. The Morgan fingerprint density at radius 1 is 1.13 bits per heavy atom. The van der Waals surface area contributed by atoms with Crippen molar-refractivity contribution < 1.29 is 9.53 Å². The summed E-state index contributed by atoms with van der Waals surface area (Å²) in [6.45, 7) is 7.20. The van der Waals surface area contributed by atoms with Crippen molar-refractivity contribution in [2.24, 2.45) is 5.92 Å². The van der Waals surface area contributed by atoms with Crippen LogP contribution in [0.15, 0.2) is 30.3 Å². The average Bonchev–Trinajstić information content (AvgIpc) is 2.59. The summed E-state index contributed by atoms with van der Waals surface area (Å²) in [5.41, 5.74) is 1.10. The summed E-state index contributed by atoms with van der Waals surface area (Å²) in [6.07, 6.45) is 5.82. The zero-order chi connectivity index (χ0) is 16.8. The van der Waals surface area contributed by atoms with Crippen molar-refractivity contribution in [3.63, 3.8) is 0 Å². The molecule has 1 atom stereocenters. The molecule has 4 heteroatoms. The highest BCUT2D eigenvalue weighted by molar-refractivity contribution is 5.73. The van der Waals surface area contributed by atoms with Crippen molar-refractivity contribution in [2.75, 3.05) is 19.8 Å². The van der Waals surface area contributed by atoms with E-state index in [1.54, 1.807) is 0 Å². The van der Waals surface area contributed by atoms with Gasteiger partial charge in [-0.3, -0.25) is 0 Å². The summed E-state index contributed by atoms with van der Waals surface area (Å²) >= 11 is 0. The van der Waals surface area contributed by atoms with Crippen molar-refractivity contribution >= 4 is 6.03 Å². The van der Waals surface area contributed by atoms with E-state index in [1.807, 2.05) is 30.3 Å². The first-order valence-electron chi connectivity index (χ1n) is 8.89. The van der Waals surface area contributed by atoms with Gasteiger partial charge in [0.15, 0.2) is 0 Å². The third kappa shape index (κ3) is 9.95. The third-order valence-electron chi connectivity index (χ3n) is 3.94. The molecule has 0 saturated heterocycles. The Kier molecular flexibility index (Phi) is 11.0. The van der Waals surface area contributed by atoms with Gasteiger partial charge in [0.05, 0.1) is 0 Å². The lowest BCUT2D eigenvalue weighted by Gasteiger charge is -2.14. The monoisotopic (exact) mass is 320 g/mol. The van der Waals surface area contributed by atoms with Crippen molar-refractivity contribution in [1.82, 2.24) is 10.6 Å². The van der Waals surface area contributed by atoms with Gasteiger partial charge in [-0.2, -0.15) is 0 Å². The van der Waals surface area contributed by atoms with Gasteiger partial charge in [-0.25, -0.2) is 4.79 Å². The minimum absolute atomic E-state index is 0.122. The lowest BCUT2D eigenvalue weighted by molar-refractivity contribution is 0.0924. The molecule has 2 amide bonds. The molecule has 1 aromatic carbocycles. The molecule has 0 aromatic heterocycles. The van der Waals surface area contributed by atoms with Gasteiger partial charge in [-0.05, 0) is 24.3 Å². The molecule has 0 aliphatic heterocycles. The predicted molar refractivity (Wildman–Crippen MR) is 95.4 cm³/mol. The van der Waals surface area contributed by atoms with Crippen LogP contribution >= 0.6 is 0 Å². The Morgan fingerprint density at radius 3 is 2.61 bits per heavy atom. The number of ether oxygens (including phenoxy) is 1. The smallest absolute Gasteiger partial charge is 0.315 e. The summed E-state index contributed by atoms with van der Waals surface area (Å²) < 4.78 is 5.72. The second kappa shape index (κ2) is 12.9. The summed E-state index contributed by atoms with van der Waals surface area (Å²) in [7, 11) is 0. The van der Waals surface area contributed by atoms with Crippen LogP contribution in [0.5, 0.6) is 0 Å². The lowest BCUT2D eigenvalue weighted by atomic mass is 10.0. The maximum Gasteiger partial charge on any atom is 0.315 e. The summed E-state index contributed by atoms with van der Waals surface area (Å²) in [5, 5.41) is 5.71. The van der Waals surface area contributed by atoms with E-state index < -0.39 is 0 Å². The van der Waals surface area contributed by atoms with E-state index in [0.717, 1.165) is 18.6 Å². The van der Waals surface area contributed by atoms with Gasteiger partial charge in [0.1, 0.15) is 0 Å². The molecule has 0 aliphatic carbocycles. The molecule has 1 aromatic rings. The number of hydrogen-bond donors (Lipinski definition) is 2. The molecular weight excluding hydrogens is 288 g/mol. The number of nitrogens with one attached hydrogen (secondary N) is 2. The van der Waals surface area contributed by atoms with Gasteiger partial charge in [-0.15, -0.1) is 0 Å². The van der Waals surface area contributed by atoms with E-state index in [-0.39, 0.29) is 6.03 Å². The molecule has 0 aliphatic rings. The molecule has 1 unspecified atom stereocenters. The maximum atomic E-state index is 11.7. The summed E-state index contributed by atoms with van der Waals surface area (Å²) in [6, 6.07) is 9.78. The summed E-state index contributed by atoms with van der Waals surface area (Å²) in [5.74, 6) is 0.678. The van der Waals surface area contributed by atoms with E-state index in [0.29, 0.717) is 25.6 Å². The van der Waals surface area contributed by atoms with E-state index in [4.69, 9.17) is 4.74 Å². The number of hydrogen-bond acceptors (Lipinski definition) is 2. The lowest BCUT2D eigenvalue weighted by Crippen LogP contribution is -2.35. The highest BCUT2D eigenvalue weighted by Crippen LogP contribution is 2.12. The molecule has 130 valence electrons. The zero-order valence-corrected chi connectivity index (χ0v) is 14.6. The van der Waals surface area contributed by atoms with Crippen LogP contribution in [0.4, 0.5) is 4.79 Å². The second-order valence-corrected chi connectivity index (χ2v) is 5.94. The van der Waals surface area contributed by atoms with E-state index >= 15 is 0 Å². The molecule has 0 spiro atoms. The van der Waals surface area contributed by atoms with Crippen LogP contribution in [0.1, 0.15) is 51.5 Å². The molecule has 0 heterocycles. The first-order chi connectivity index (χ1) is 11.3. The van der Waals surface area contributed by atoms with E-state index in [2.05, 4.69) is 24.5 Å². The largest absolute Gasteiger partial charge is 0.381 e. The quantitative estimate of drug-likeness (QED) is 0.569. The summed E-state index contributed by atoms with van der Waals surface area (Å²) in [4.78, 5) is 11.7. The molecule has 23 heavy (non-hydrogen) atoms. The van der Waals surface area contributed by atoms with Crippen molar-refractivity contribution in [3.8, 4) is 0 Å². The maximum absolute atomic E-state index is 11.7. The van der Waals surface area contributed by atoms with Crippen LogP contribution < -0.4 is 10.6 Å². The van der Waals surface area contributed by atoms with Crippen LogP contribution in [0.3, 0.4) is 0 Å². The molecular formula is C19H32N2O2. The molecule has 0 fully saturated rings. The number of amides is 2. The third-order valence-corrected chi connectivity index (χ3v) is 3.94. The van der Waals surface area contributed by atoms with Crippen LogP contribution in [-0.2, 0) is 11.3 Å². The zero-order valence-electron chi connectivity index (χ0n) is 14.6. The van der Waals surface area contributed by atoms with Crippen molar-refractivity contribution in [1.29, 1.82) is 0 Å². The Bertz CT molecular complexity index is 409. The van der Waals surface area contributed by atoms with Gasteiger partial charge in [0.25, 0.3) is 0 Å². The first kappa shape index (κ1) is 19.5. The van der Waals surface area contributed by atoms with Gasteiger partial charge in [-0.1, -0.05) is 63.4 Å². The van der Waals surface area contributed by atoms with Gasteiger partial charge in [0, 0.05) is 26.3 Å². The standard InChI is InChI=1S/C19H32N2O2/c1-3-5-10-17(4-2)16-23-14-9-13-20-19(22)21-15-18-11-7-6-8-12-18/h6-8,11-12,17H,3-5,9-10,13-16H2,1-2H3,(H2,20,21,22). The van der Waals surface area contributed by atoms with Gasteiger partial charge in [0.2, 0.25) is 0 Å². The molecule has 0 bridgehead atoms. The van der Waals surface area contributed by atoms with E-state index in [9.17, 15) is 4.79 Å². The number of carbonyl (C=O) groups excluding carboxylic acids is 1. The van der Waals surface area contributed by atoms with E-state index in [1.165, 1.54) is 25.7 Å². The van der Waals surface area contributed by atoms with Crippen LogP contribution in [0, 0.1) is 5.92 Å². The normalized spacial score (nSPS) is 11.9. The number of unbranched alkanes of at least 4 members (excludes halogenated alkanes) is 1. The fraction of sp³-hybridized carbons (Fsp3) is 0.632. The Balaban J connectivity index is 1.98. The van der Waals surface area contributed by atoms with Gasteiger partial charge >= 0.3 is 6.03 Å². The Morgan fingerprint density at radius 2 is 1.91 bits per heavy atom. The first-order valence-corrected chi connectivity index (χ1v) is 8.89. The predicted octanol–water partition coefficient (Wildman–Crippen LogP) is 4.11. The molecule has 2 N–H and O–H groups in total. The highest BCUT2D eigenvalue weighted by atomic mass is 16.5. The molecule has 4 nitrogen and oxygen atoms in total. The average molecular weight is 320 g/mol. The number of carbonyl (C=O) groups is 1. The Hall–Kier alpha value is -1.55. The van der Waals surface area contributed by atoms with Crippen LogP contribution in [0.2, 0.25) is 0 Å². The van der Waals surface area contributed by atoms with Crippen LogP contribution in [0.25, 0.3) is 0 Å². The van der Waals surface area contributed by atoms with Gasteiger partial charge < -0.3 is 15.4 Å². The second-order valence-electron chi connectivity index (χ2n) is 5.94. The number of benzene rings is 1. The van der Waals surface area contributed by atoms with Crippen molar-refractivity contribution in [2.45, 2.75) is 52.5 Å². The van der Waals surface area contributed by atoms with Crippen LogP contribution in [-0.4, -0.2) is 25.8 Å². The molecule has 1 rings (SSSR count). The highest BCUT2D eigenvalue weighted by Gasteiger charge is 2.05.